The molecular formula is C28H34N4O5. The molecule has 6 rings (SSSR count). The van der Waals surface area contributed by atoms with Crippen LogP contribution in [0.1, 0.15) is 61.7 Å². The summed E-state index contributed by atoms with van der Waals surface area (Å²) in [4.78, 5) is 44.1. The molecule has 4 aliphatic rings. The normalized spacial score (nSPS) is 26.0. The molecule has 9 nitrogen and oxygen atoms in total. The Morgan fingerprint density at radius 2 is 1.24 bits per heavy atom. The van der Waals surface area contributed by atoms with Crippen LogP contribution in [0.2, 0.25) is 0 Å². The van der Waals surface area contributed by atoms with E-state index in [0.29, 0.717) is 12.8 Å². The van der Waals surface area contributed by atoms with Crippen molar-refractivity contribution >= 4 is 23.7 Å². The molecule has 2 saturated carbocycles. The minimum Gasteiger partial charge on any atom is -0.481 e. The summed E-state index contributed by atoms with van der Waals surface area (Å²) < 4.78 is 0. The molecule has 2 aromatic carbocycles. The topological polar surface area (TPSA) is 151 Å². The van der Waals surface area contributed by atoms with Gasteiger partial charge < -0.3 is 26.8 Å². The fraction of sp³-hybridized carbons (Fsp3) is 0.429. The van der Waals surface area contributed by atoms with Crippen molar-refractivity contribution in [2.24, 2.45) is 17.6 Å². The number of amides is 3. The zero-order valence-electron chi connectivity index (χ0n) is 20.6. The predicted octanol–water partition coefficient (Wildman–Crippen LogP) is 2.20. The first-order chi connectivity index (χ1) is 17.8. The highest BCUT2D eigenvalue weighted by Gasteiger charge is 2.38. The molecule has 4 atom stereocenters. The molecule has 0 radical (unpaired) electrons. The van der Waals surface area contributed by atoms with Crippen molar-refractivity contribution in [3.05, 3.63) is 71.8 Å². The molecule has 2 saturated heterocycles. The van der Waals surface area contributed by atoms with E-state index in [1.54, 1.807) is 0 Å². The first-order valence-electron chi connectivity index (χ1n) is 12.8. The summed E-state index contributed by atoms with van der Waals surface area (Å²) in [6.45, 7) is 0. The van der Waals surface area contributed by atoms with Gasteiger partial charge in [0.2, 0.25) is 17.7 Å². The van der Waals surface area contributed by atoms with Gasteiger partial charge in [-0.1, -0.05) is 60.7 Å². The van der Waals surface area contributed by atoms with Gasteiger partial charge in [0, 0.05) is 24.8 Å². The summed E-state index contributed by atoms with van der Waals surface area (Å²) in [6.07, 6.45) is 4.56. The number of hydrogen-bond acceptors (Lipinski definition) is 5. The molecule has 196 valence electrons. The fourth-order valence-electron chi connectivity index (χ4n) is 4.40. The minimum atomic E-state index is -0.630. The highest BCUT2D eigenvalue weighted by Crippen LogP contribution is 2.31. The Bertz CT molecular complexity index is 1100. The van der Waals surface area contributed by atoms with Crippen molar-refractivity contribution < 1.29 is 24.3 Å². The summed E-state index contributed by atoms with van der Waals surface area (Å²) in [6, 6.07) is 19.3. The second-order valence-corrected chi connectivity index (χ2v) is 9.99. The lowest BCUT2D eigenvalue weighted by molar-refractivity contribution is -0.138. The van der Waals surface area contributed by atoms with E-state index >= 15 is 0 Å². The van der Waals surface area contributed by atoms with E-state index in [-0.39, 0.29) is 53.7 Å². The van der Waals surface area contributed by atoms with E-state index in [4.69, 9.17) is 10.8 Å². The Balaban J connectivity index is 0.000000146. The van der Waals surface area contributed by atoms with Crippen LogP contribution in [0.15, 0.2) is 60.7 Å². The Labute approximate surface area is 216 Å². The zero-order chi connectivity index (χ0) is 26.4. The highest BCUT2D eigenvalue weighted by molar-refractivity contribution is 5.85. The molecule has 6 N–H and O–H groups in total. The number of rotatable bonds is 5. The number of carboxylic acid groups (broad SMARTS) is 1. The second-order valence-electron chi connectivity index (χ2n) is 9.99. The average molecular weight is 507 g/mol. The molecule has 37 heavy (non-hydrogen) atoms. The van der Waals surface area contributed by atoms with E-state index in [9.17, 15) is 19.2 Å². The van der Waals surface area contributed by atoms with Gasteiger partial charge in [-0.2, -0.15) is 0 Å². The van der Waals surface area contributed by atoms with Gasteiger partial charge in [-0.05, 0) is 36.8 Å². The van der Waals surface area contributed by atoms with E-state index in [1.807, 2.05) is 60.7 Å². The van der Waals surface area contributed by atoms with E-state index in [0.717, 1.165) is 36.8 Å². The van der Waals surface area contributed by atoms with Gasteiger partial charge in [-0.3, -0.25) is 19.2 Å². The van der Waals surface area contributed by atoms with Crippen molar-refractivity contribution in [3.63, 3.8) is 0 Å². The molecule has 0 aromatic heterocycles. The highest BCUT2D eigenvalue weighted by atomic mass is 16.4. The Kier molecular flexibility index (Phi) is 8.55. The van der Waals surface area contributed by atoms with E-state index < -0.39 is 5.97 Å². The molecule has 2 aliphatic carbocycles. The van der Waals surface area contributed by atoms with Crippen LogP contribution in [0.3, 0.4) is 0 Å². The molecule has 4 fully saturated rings. The number of nitrogens with two attached hydrogens (primary N) is 1. The van der Waals surface area contributed by atoms with Crippen molar-refractivity contribution in [2.75, 3.05) is 0 Å². The van der Waals surface area contributed by atoms with Crippen molar-refractivity contribution in [1.29, 1.82) is 0 Å². The summed E-state index contributed by atoms with van der Waals surface area (Å²) >= 11 is 0. The summed E-state index contributed by atoms with van der Waals surface area (Å²) in [5.74, 6) is -0.291. The number of nitrogens with one attached hydrogen (secondary N) is 3. The van der Waals surface area contributed by atoms with Gasteiger partial charge in [0.1, 0.15) is 0 Å². The third-order valence-electron chi connectivity index (χ3n) is 6.81. The van der Waals surface area contributed by atoms with Crippen molar-refractivity contribution in [1.82, 2.24) is 16.0 Å². The van der Waals surface area contributed by atoms with Crippen LogP contribution in [0.25, 0.3) is 0 Å². The van der Waals surface area contributed by atoms with Crippen LogP contribution >= 0.6 is 0 Å². The number of aliphatic carboxylic acids is 1. The molecular weight excluding hydrogens is 472 g/mol. The molecule has 2 heterocycles. The van der Waals surface area contributed by atoms with Crippen LogP contribution < -0.4 is 21.7 Å². The summed E-state index contributed by atoms with van der Waals surface area (Å²) in [7, 11) is 0. The average Bonchev–Trinajstić information content (AvgIpc) is 3.81. The Morgan fingerprint density at radius 1 is 0.757 bits per heavy atom. The zero-order valence-corrected chi connectivity index (χ0v) is 20.6. The lowest BCUT2D eigenvalue weighted by Crippen LogP contribution is -2.39. The smallest absolute Gasteiger partial charge is 0.306 e. The maximum absolute atomic E-state index is 11.8. The van der Waals surface area contributed by atoms with Gasteiger partial charge in [-0.25, -0.2) is 0 Å². The van der Waals surface area contributed by atoms with Crippen LogP contribution in [0.5, 0.6) is 0 Å². The lowest BCUT2D eigenvalue weighted by Gasteiger charge is -2.20. The van der Waals surface area contributed by atoms with Crippen molar-refractivity contribution in [2.45, 2.75) is 62.7 Å². The summed E-state index contributed by atoms with van der Waals surface area (Å²) in [5.41, 5.74) is 7.95. The minimum absolute atomic E-state index is 0.00458. The third kappa shape index (κ3) is 7.63. The van der Waals surface area contributed by atoms with Crippen LogP contribution in [-0.4, -0.2) is 40.9 Å². The van der Waals surface area contributed by atoms with Crippen LogP contribution in [-0.2, 0) is 19.2 Å². The maximum atomic E-state index is 11.8. The first kappa shape index (κ1) is 26.3. The molecule has 9 heteroatoms. The van der Waals surface area contributed by atoms with E-state index in [1.165, 1.54) is 0 Å². The Morgan fingerprint density at radius 3 is 1.68 bits per heavy atom. The maximum Gasteiger partial charge on any atom is 0.306 e. The number of carbonyl (C=O) groups excluding carboxylic acids is 3. The van der Waals surface area contributed by atoms with Crippen LogP contribution in [0.4, 0.5) is 0 Å². The van der Waals surface area contributed by atoms with Gasteiger partial charge in [0.15, 0.2) is 0 Å². The molecule has 0 bridgehead atoms. The van der Waals surface area contributed by atoms with Gasteiger partial charge in [0.05, 0.1) is 24.0 Å². The summed E-state index contributed by atoms with van der Waals surface area (Å²) in [5, 5.41) is 16.8. The molecule has 3 amide bonds. The van der Waals surface area contributed by atoms with Gasteiger partial charge in [0.25, 0.3) is 0 Å². The quantitative estimate of drug-likeness (QED) is 0.419. The molecule has 2 aliphatic heterocycles. The van der Waals surface area contributed by atoms with Gasteiger partial charge >= 0.3 is 5.97 Å². The lowest BCUT2D eigenvalue weighted by atomic mass is 10.0. The van der Waals surface area contributed by atoms with Gasteiger partial charge in [-0.15, -0.1) is 0 Å². The fourth-order valence-corrected chi connectivity index (χ4v) is 4.40. The first-order valence-corrected chi connectivity index (χ1v) is 12.8. The third-order valence-corrected chi connectivity index (χ3v) is 6.81. The second kappa shape index (κ2) is 12.0. The number of benzene rings is 2. The Hall–Kier alpha value is -3.72. The largest absolute Gasteiger partial charge is 0.481 e. The SMILES string of the molecule is NC1CC(=O)N[C@@H]1c1ccccc1.O=C(O)C1CC1.O=C1C[C@H](NC(=O)C2CC2)[C@@H](c2ccccc2)N1. The number of carbonyl (C=O) groups is 4. The predicted molar refractivity (Wildman–Crippen MR) is 137 cm³/mol. The van der Waals surface area contributed by atoms with E-state index in [2.05, 4.69) is 16.0 Å². The monoisotopic (exact) mass is 506 g/mol. The number of hydrogen-bond donors (Lipinski definition) is 5. The molecule has 1 unspecified atom stereocenters. The van der Waals surface area contributed by atoms with Crippen LogP contribution in [0, 0.1) is 11.8 Å². The molecule has 2 aromatic rings. The number of carboxylic acids is 1. The standard InChI is InChI=1S/C14H16N2O2.C10H12N2O.C4H6O2/c17-12-8-11(15-14(18)10-6-7-10)13(16-12)9-4-2-1-3-5-9;11-8-6-9(13)12-10(8)7-4-2-1-3-5-7;5-4(6)3-1-2-3/h1-5,10-11,13H,6-8H2,(H,15,18)(H,16,17);1-5,8,10H,6,11H2,(H,12,13);3H,1-2H2,(H,5,6)/t11-,13+;8?,10-;/m01./s1. The van der Waals surface area contributed by atoms with Crippen molar-refractivity contribution in [3.8, 4) is 0 Å². The molecule has 0 spiro atoms.